The third-order valence-electron chi connectivity index (χ3n) is 2.40. The first kappa shape index (κ1) is 13.3. The topological polar surface area (TPSA) is 65.4 Å². The average molecular weight is 261 g/mol. The van der Waals surface area contributed by atoms with E-state index in [4.69, 9.17) is 9.57 Å². The summed E-state index contributed by atoms with van der Waals surface area (Å²) in [6.45, 7) is 0.709. The highest BCUT2D eigenvalue weighted by molar-refractivity contribution is 5.91. The lowest BCUT2D eigenvalue weighted by Crippen LogP contribution is -2.25. The Morgan fingerprint density at radius 2 is 2.05 bits per heavy atom. The van der Waals surface area contributed by atoms with Crippen LogP contribution in [0.5, 0.6) is 0 Å². The first-order valence-electron chi connectivity index (χ1n) is 5.83. The summed E-state index contributed by atoms with van der Waals surface area (Å²) in [5, 5.41) is 4.17. The molecule has 0 aliphatic heterocycles. The minimum absolute atomic E-state index is 0.293. The Bertz CT molecular complexity index is 525. The van der Waals surface area contributed by atoms with E-state index < -0.39 is 0 Å². The van der Waals surface area contributed by atoms with Gasteiger partial charge >= 0.3 is 0 Å². The molecule has 2 aromatic rings. The summed E-state index contributed by atoms with van der Waals surface area (Å²) in [5.41, 5.74) is 3.49. The third kappa shape index (κ3) is 3.64. The summed E-state index contributed by atoms with van der Waals surface area (Å²) >= 11 is 0. The molecular weight excluding hydrogens is 246 g/mol. The fourth-order valence-electron chi connectivity index (χ4n) is 1.46. The molecule has 0 unspecified atom stereocenters. The second-order valence-corrected chi connectivity index (χ2v) is 3.75. The summed E-state index contributed by atoms with van der Waals surface area (Å²) in [6.07, 6.45) is 1.72. The van der Waals surface area contributed by atoms with E-state index in [0.717, 1.165) is 5.69 Å². The van der Waals surface area contributed by atoms with Gasteiger partial charge in [-0.25, -0.2) is 10.2 Å². The molecule has 100 valence electrons. The number of hydrogen-bond donors (Lipinski definition) is 1. The number of amides is 1. The quantitative estimate of drug-likeness (QED) is 0.626. The molecule has 0 atom stereocenters. The maximum Gasteiger partial charge on any atom is 0.295 e. The van der Waals surface area contributed by atoms with Gasteiger partial charge in [0.15, 0.2) is 5.69 Å². The number of aromatic nitrogens is 2. The molecule has 19 heavy (non-hydrogen) atoms. The maximum absolute atomic E-state index is 11.7. The molecule has 0 saturated heterocycles. The standard InChI is InChI=1S/C13H15N3O3/c1-18-9-10-19-15-13(17)12-7-8-16(14-12)11-5-3-2-4-6-11/h2-8H,9-10H2,1H3,(H,15,17). The molecule has 6 heteroatoms. The Morgan fingerprint density at radius 3 is 2.79 bits per heavy atom. The largest absolute Gasteiger partial charge is 0.382 e. The van der Waals surface area contributed by atoms with Gasteiger partial charge in [0.25, 0.3) is 5.91 Å². The molecule has 1 heterocycles. The molecule has 0 aliphatic carbocycles. The summed E-state index contributed by atoms with van der Waals surface area (Å²) in [4.78, 5) is 16.6. The Balaban J connectivity index is 1.95. The fourth-order valence-corrected chi connectivity index (χ4v) is 1.46. The molecule has 6 nitrogen and oxygen atoms in total. The summed E-state index contributed by atoms with van der Waals surface area (Å²) in [6, 6.07) is 11.2. The first-order valence-corrected chi connectivity index (χ1v) is 5.83. The van der Waals surface area contributed by atoms with E-state index >= 15 is 0 Å². The van der Waals surface area contributed by atoms with Crippen LogP contribution < -0.4 is 5.48 Å². The predicted octanol–water partition coefficient (Wildman–Crippen LogP) is 1.18. The van der Waals surface area contributed by atoms with E-state index in [0.29, 0.717) is 18.9 Å². The summed E-state index contributed by atoms with van der Waals surface area (Å²) in [7, 11) is 1.56. The number of hydroxylamine groups is 1. The number of carbonyl (C=O) groups is 1. The van der Waals surface area contributed by atoms with Gasteiger partial charge in [0, 0.05) is 13.3 Å². The zero-order chi connectivity index (χ0) is 13.5. The molecule has 0 fully saturated rings. The van der Waals surface area contributed by atoms with Gasteiger partial charge in [0.1, 0.15) is 0 Å². The normalized spacial score (nSPS) is 10.4. The lowest BCUT2D eigenvalue weighted by molar-refractivity contribution is 0.00856. The van der Waals surface area contributed by atoms with Crippen LogP contribution in [0.2, 0.25) is 0 Å². The number of ether oxygens (including phenoxy) is 1. The van der Waals surface area contributed by atoms with Crippen molar-refractivity contribution in [3.8, 4) is 5.69 Å². The van der Waals surface area contributed by atoms with Crippen LogP contribution in [-0.4, -0.2) is 36.0 Å². The molecule has 2 rings (SSSR count). The number of benzene rings is 1. The Labute approximate surface area is 110 Å². The molecular formula is C13H15N3O3. The van der Waals surface area contributed by atoms with Gasteiger partial charge < -0.3 is 4.74 Å². The van der Waals surface area contributed by atoms with Gasteiger partial charge in [-0.1, -0.05) is 18.2 Å². The molecule has 0 aliphatic rings. The Hall–Kier alpha value is -2.18. The van der Waals surface area contributed by atoms with Gasteiger partial charge in [0.2, 0.25) is 0 Å². The molecule has 0 saturated carbocycles. The number of hydrogen-bond acceptors (Lipinski definition) is 4. The zero-order valence-corrected chi connectivity index (χ0v) is 10.6. The number of nitrogens with one attached hydrogen (secondary N) is 1. The van der Waals surface area contributed by atoms with Gasteiger partial charge in [-0.2, -0.15) is 5.10 Å². The van der Waals surface area contributed by atoms with Crippen molar-refractivity contribution in [3.63, 3.8) is 0 Å². The van der Waals surface area contributed by atoms with E-state index in [1.165, 1.54) is 0 Å². The first-order chi connectivity index (χ1) is 9.31. The van der Waals surface area contributed by atoms with Crippen molar-refractivity contribution < 1.29 is 14.4 Å². The maximum atomic E-state index is 11.7. The number of nitrogens with zero attached hydrogens (tertiary/aromatic N) is 2. The van der Waals surface area contributed by atoms with Crippen LogP contribution in [0.25, 0.3) is 5.69 Å². The lowest BCUT2D eigenvalue weighted by atomic mass is 10.3. The van der Waals surface area contributed by atoms with Crippen molar-refractivity contribution in [2.45, 2.75) is 0 Å². The molecule has 1 aromatic heterocycles. The second kappa shape index (κ2) is 6.67. The number of rotatable bonds is 6. The Morgan fingerprint density at radius 1 is 1.26 bits per heavy atom. The third-order valence-corrected chi connectivity index (χ3v) is 2.40. The van der Waals surface area contributed by atoms with Crippen LogP contribution in [0.1, 0.15) is 10.5 Å². The second-order valence-electron chi connectivity index (χ2n) is 3.75. The number of carbonyl (C=O) groups excluding carboxylic acids is 1. The molecule has 0 bridgehead atoms. The predicted molar refractivity (Wildman–Crippen MR) is 68.9 cm³/mol. The molecule has 0 spiro atoms. The van der Waals surface area contributed by atoms with Gasteiger partial charge in [-0.3, -0.25) is 9.63 Å². The van der Waals surface area contributed by atoms with Crippen LogP contribution in [0.3, 0.4) is 0 Å². The van der Waals surface area contributed by atoms with Gasteiger partial charge in [0.05, 0.1) is 18.9 Å². The van der Waals surface area contributed by atoms with E-state index in [1.54, 1.807) is 24.1 Å². The average Bonchev–Trinajstić information content (AvgIpc) is 2.94. The van der Waals surface area contributed by atoms with E-state index in [9.17, 15) is 4.79 Å². The van der Waals surface area contributed by atoms with E-state index in [-0.39, 0.29) is 5.91 Å². The van der Waals surface area contributed by atoms with Crippen molar-refractivity contribution >= 4 is 5.91 Å². The molecule has 0 radical (unpaired) electrons. The van der Waals surface area contributed by atoms with Crippen molar-refractivity contribution in [3.05, 3.63) is 48.3 Å². The van der Waals surface area contributed by atoms with E-state index in [2.05, 4.69) is 10.6 Å². The molecule has 1 amide bonds. The van der Waals surface area contributed by atoms with Crippen LogP contribution in [0.4, 0.5) is 0 Å². The van der Waals surface area contributed by atoms with E-state index in [1.807, 2.05) is 30.3 Å². The highest BCUT2D eigenvalue weighted by Crippen LogP contribution is 2.06. The minimum Gasteiger partial charge on any atom is -0.382 e. The summed E-state index contributed by atoms with van der Waals surface area (Å²) in [5.74, 6) is -0.384. The molecule has 1 N–H and O–H groups in total. The van der Waals surface area contributed by atoms with Gasteiger partial charge in [-0.05, 0) is 18.2 Å². The SMILES string of the molecule is COCCONC(=O)c1ccn(-c2ccccc2)n1. The highest BCUT2D eigenvalue weighted by atomic mass is 16.7. The highest BCUT2D eigenvalue weighted by Gasteiger charge is 2.09. The van der Waals surface area contributed by atoms with Crippen molar-refractivity contribution in [2.75, 3.05) is 20.3 Å². The van der Waals surface area contributed by atoms with Crippen LogP contribution >= 0.6 is 0 Å². The van der Waals surface area contributed by atoms with Crippen molar-refractivity contribution in [2.24, 2.45) is 0 Å². The summed E-state index contributed by atoms with van der Waals surface area (Å²) < 4.78 is 6.42. The lowest BCUT2D eigenvalue weighted by Gasteiger charge is -2.03. The minimum atomic E-state index is -0.384. The number of methoxy groups -OCH3 is 1. The van der Waals surface area contributed by atoms with Crippen molar-refractivity contribution in [1.82, 2.24) is 15.3 Å². The van der Waals surface area contributed by atoms with Crippen LogP contribution in [0, 0.1) is 0 Å². The van der Waals surface area contributed by atoms with Crippen LogP contribution in [-0.2, 0) is 9.57 Å². The fraction of sp³-hybridized carbons (Fsp3) is 0.231. The van der Waals surface area contributed by atoms with Crippen molar-refractivity contribution in [1.29, 1.82) is 0 Å². The van der Waals surface area contributed by atoms with Crippen LogP contribution in [0.15, 0.2) is 42.6 Å². The number of para-hydroxylation sites is 1. The monoisotopic (exact) mass is 261 g/mol. The molecule has 1 aromatic carbocycles. The smallest absolute Gasteiger partial charge is 0.295 e. The Kier molecular flexibility index (Phi) is 4.66. The van der Waals surface area contributed by atoms with Gasteiger partial charge in [-0.15, -0.1) is 0 Å². The zero-order valence-electron chi connectivity index (χ0n) is 10.6.